The Morgan fingerprint density at radius 2 is 1.84 bits per heavy atom. The van der Waals surface area contributed by atoms with Gasteiger partial charge in [-0.3, -0.25) is 15.0 Å². The number of nitrogens with two attached hydrogens (primary N) is 1. The van der Waals surface area contributed by atoms with Gasteiger partial charge in [-0.05, 0) is 47.9 Å². The predicted molar refractivity (Wildman–Crippen MR) is 120 cm³/mol. The first kappa shape index (κ1) is 19.8. The summed E-state index contributed by atoms with van der Waals surface area (Å²) in [5, 5.41) is 0. The van der Waals surface area contributed by atoms with Crippen LogP contribution < -0.4 is 10.5 Å². The maximum atomic E-state index is 15.0. The van der Waals surface area contributed by atoms with Gasteiger partial charge >= 0.3 is 0 Å². The van der Waals surface area contributed by atoms with Crippen LogP contribution in [-0.4, -0.2) is 27.9 Å². The topological polar surface area (TPSA) is 86.3 Å². The molecule has 2 N–H and O–H groups in total. The van der Waals surface area contributed by atoms with E-state index in [2.05, 4.69) is 15.0 Å². The molecule has 4 aromatic rings. The highest BCUT2D eigenvalue weighted by atomic mass is 19.1. The highest BCUT2D eigenvalue weighted by Gasteiger charge is 2.44. The summed E-state index contributed by atoms with van der Waals surface area (Å²) in [4.78, 5) is 17.9. The number of aromatic nitrogens is 3. The van der Waals surface area contributed by atoms with Crippen molar-refractivity contribution < 1.29 is 9.13 Å². The lowest BCUT2D eigenvalue weighted by Crippen LogP contribution is -2.26. The van der Waals surface area contributed by atoms with Gasteiger partial charge in [-0.15, -0.1) is 0 Å². The summed E-state index contributed by atoms with van der Waals surface area (Å²) in [5.74, 6) is 0.0519. The van der Waals surface area contributed by atoms with Crippen LogP contribution in [0.15, 0.2) is 78.3 Å². The minimum Gasteiger partial charge on any atom is -0.493 e. The lowest BCUT2D eigenvalue weighted by atomic mass is 9.77. The Morgan fingerprint density at radius 1 is 0.969 bits per heavy atom. The standard InChI is InChI=1S/C25H20FN5O/c1-15-11-18(13-20(26)23(15)32-2)25(19-7-4-8-30-22(19)24(27)31-25)17-6-3-5-16(12-17)21-14-28-9-10-29-21/h3-14H,1-2H3,(H2,27,31). The second-order valence-electron chi connectivity index (χ2n) is 7.59. The zero-order chi connectivity index (χ0) is 22.3. The average Bonchev–Trinajstić information content (AvgIpc) is 3.13. The maximum Gasteiger partial charge on any atom is 0.165 e. The number of ether oxygens (including phenoxy) is 1. The van der Waals surface area contributed by atoms with E-state index >= 15 is 4.39 Å². The zero-order valence-electron chi connectivity index (χ0n) is 17.6. The van der Waals surface area contributed by atoms with Crippen LogP contribution in [0.4, 0.5) is 4.39 Å². The van der Waals surface area contributed by atoms with Crippen molar-refractivity contribution in [1.82, 2.24) is 15.0 Å². The summed E-state index contributed by atoms with van der Waals surface area (Å²) in [6, 6.07) is 14.9. The first-order chi connectivity index (χ1) is 15.5. The van der Waals surface area contributed by atoms with Crippen molar-refractivity contribution in [3.63, 3.8) is 0 Å². The Balaban J connectivity index is 1.82. The number of nitrogens with zero attached hydrogens (tertiary/aromatic N) is 4. The lowest BCUT2D eigenvalue weighted by molar-refractivity contribution is 0.382. The Labute approximate surface area is 184 Å². The maximum absolute atomic E-state index is 15.0. The van der Waals surface area contributed by atoms with Gasteiger partial charge in [0, 0.05) is 29.7 Å². The molecule has 3 heterocycles. The molecule has 5 rings (SSSR count). The van der Waals surface area contributed by atoms with Crippen LogP contribution in [0.1, 0.15) is 27.9 Å². The highest BCUT2D eigenvalue weighted by molar-refractivity contribution is 6.01. The SMILES string of the molecule is COc1c(C)cc(C2(c3cccc(-c4cnccn4)c3)N=C(N)c3ncccc32)cc1F. The van der Waals surface area contributed by atoms with Crippen LogP contribution in [0, 0.1) is 12.7 Å². The van der Waals surface area contributed by atoms with Crippen LogP contribution in [0.3, 0.4) is 0 Å². The molecular formula is C25H20FN5O. The Bertz CT molecular complexity index is 1330. The molecule has 0 bridgehead atoms. The van der Waals surface area contributed by atoms with Crippen molar-refractivity contribution in [3.05, 3.63) is 107 Å². The number of benzene rings is 2. The Kier molecular flexibility index (Phi) is 4.66. The van der Waals surface area contributed by atoms with E-state index in [0.717, 1.165) is 22.4 Å². The molecule has 1 atom stereocenters. The molecule has 2 aromatic carbocycles. The molecule has 2 aromatic heterocycles. The van der Waals surface area contributed by atoms with Crippen LogP contribution >= 0.6 is 0 Å². The molecule has 0 amide bonds. The van der Waals surface area contributed by atoms with E-state index in [-0.39, 0.29) is 5.75 Å². The molecule has 0 radical (unpaired) electrons. The smallest absolute Gasteiger partial charge is 0.165 e. The van der Waals surface area contributed by atoms with Gasteiger partial charge in [0.25, 0.3) is 0 Å². The monoisotopic (exact) mass is 425 g/mol. The largest absolute Gasteiger partial charge is 0.493 e. The molecule has 7 heteroatoms. The fraction of sp³-hybridized carbons (Fsp3) is 0.120. The molecule has 6 nitrogen and oxygen atoms in total. The molecule has 1 aliphatic rings. The Morgan fingerprint density at radius 3 is 2.59 bits per heavy atom. The van der Waals surface area contributed by atoms with E-state index in [4.69, 9.17) is 15.5 Å². The fourth-order valence-corrected chi connectivity index (χ4v) is 4.35. The number of pyridine rings is 1. The van der Waals surface area contributed by atoms with Gasteiger partial charge in [0.15, 0.2) is 11.6 Å². The quantitative estimate of drug-likeness (QED) is 0.534. The van der Waals surface area contributed by atoms with Crippen molar-refractivity contribution in [2.24, 2.45) is 10.7 Å². The first-order valence-electron chi connectivity index (χ1n) is 10.1. The van der Waals surface area contributed by atoms with Gasteiger partial charge in [-0.1, -0.05) is 24.3 Å². The van der Waals surface area contributed by atoms with E-state index < -0.39 is 11.4 Å². The summed E-state index contributed by atoms with van der Waals surface area (Å²) in [7, 11) is 1.45. The zero-order valence-corrected chi connectivity index (χ0v) is 17.6. The molecule has 1 aliphatic heterocycles. The second-order valence-corrected chi connectivity index (χ2v) is 7.59. The van der Waals surface area contributed by atoms with E-state index in [9.17, 15) is 0 Å². The Hall–Kier alpha value is -4.13. The van der Waals surface area contributed by atoms with Crippen LogP contribution in [0.25, 0.3) is 11.3 Å². The van der Waals surface area contributed by atoms with E-state index in [0.29, 0.717) is 22.7 Å². The molecular weight excluding hydrogens is 405 g/mol. The number of rotatable bonds is 4. The number of aryl methyl sites for hydroxylation is 1. The van der Waals surface area contributed by atoms with Crippen molar-refractivity contribution in [2.75, 3.05) is 7.11 Å². The lowest BCUT2D eigenvalue weighted by Gasteiger charge is -2.30. The summed E-state index contributed by atoms with van der Waals surface area (Å²) in [5.41, 5.74) is 10.4. The van der Waals surface area contributed by atoms with Crippen molar-refractivity contribution in [3.8, 4) is 17.0 Å². The molecule has 158 valence electrons. The van der Waals surface area contributed by atoms with Gasteiger partial charge in [-0.25, -0.2) is 9.38 Å². The summed E-state index contributed by atoms with van der Waals surface area (Å²) < 4.78 is 20.3. The van der Waals surface area contributed by atoms with Crippen LogP contribution in [-0.2, 0) is 5.54 Å². The average molecular weight is 425 g/mol. The number of hydrogen-bond donors (Lipinski definition) is 1. The predicted octanol–water partition coefficient (Wildman–Crippen LogP) is 4.01. The minimum atomic E-state index is -1.07. The molecule has 32 heavy (non-hydrogen) atoms. The molecule has 0 spiro atoms. The number of methoxy groups -OCH3 is 1. The third-order valence-electron chi connectivity index (χ3n) is 5.72. The second kappa shape index (κ2) is 7.53. The highest BCUT2D eigenvalue weighted by Crippen LogP contribution is 2.47. The fourth-order valence-electron chi connectivity index (χ4n) is 4.35. The molecule has 1 unspecified atom stereocenters. The van der Waals surface area contributed by atoms with Crippen molar-refractivity contribution in [2.45, 2.75) is 12.5 Å². The number of aliphatic imine (C=N–C) groups is 1. The number of amidine groups is 1. The normalized spacial score (nSPS) is 17.0. The third kappa shape index (κ3) is 2.93. The molecule has 0 fully saturated rings. The van der Waals surface area contributed by atoms with Crippen molar-refractivity contribution in [1.29, 1.82) is 0 Å². The first-order valence-corrected chi connectivity index (χ1v) is 10.1. The number of halogens is 1. The van der Waals surface area contributed by atoms with Gasteiger partial charge in [0.05, 0.1) is 19.0 Å². The number of hydrogen-bond acceptors (Lipinski definition) is 6. The van der Waals surface area contributed by atoms with E-state index in [1.165, 1.54) is 13.2 Å². The summed E-state index contributed by atoms with van der Waals surface area (Å²) in [6.45, 7) is 1.81. The van der Waals surface area contributed by atoms with Crippen LogP contribution in [0.2, 0.25) is 0 Å². The molecule has 0 saturated carbocycles. The summed E-state index contributed by atoms with van der Waals surface area (Å²) >= 11 is 0. The molecule has 0 saturated heterocycles. The van der Waals surface area contributed by atoms with E-state index in [1.807, 2.05) is 42.5 Å². The third-order valence-corrected chi connectivity index (χ3v) is 5.72. The van der Waals surface area contributed by atoms with Crippen LogP contribution in [0.5, 0.6) is 5.75 Å². The summed E-state index contributed by atoms with van der Waals surface area (Å²) in [6.07, 6.45) is 6.64. The van der Waals surface area contributed by atoms with Crippen molar-refractivity contribution >= 4 is 5.84 Å². The van der Waals surface area contributed by atoms with E-state index in [1.54, 1.807) is 31.7 Å². The van der Waals surface area contributed by atoms with Gasteiger partial charge in [0.2, 0.25) is 0 Å². The van der Waals surface area contributed by atoms with Gasteiger partial charge in [-0.2, -0.15) is 0 Å². The molecule has 0 aliphatic carbocycles. The number of fused-ring (bicyclic) bond motifs is 1. The van der Waals surface area contributed by atoms with Gasteiger partial charge in [0.1, 0.15) is 17.1 Å². The van der Waals surface area contributed by atoms with Gasteiger partial charge < -0.3 is 10.5 Å². The minimum absolute atomic E-state index is 0.207.